The van der Waals surface area contributed by atoms with E-state index in [0.29, 0.717) is 0 Å². The number of rotatable bonds is 3. The first-order valence-electron chi connectivity index (χ1n) is 7.10. The van der Waals surface area contributed by atoms with Crippen molar-refractivity contribution in [1.29, 1.82) is 0 Å². The van der Waals surface area contributed by atoms with Gasteiger partial charge in [0.15, 0.2) is 0 Å². The van der Waals surface area contributed by atoms with E-state index in [0.717, 1.165) is 16.7 Å². The fourth-order valence-corrected chi connectivity index (χ4v) is 1.91. The van der Waals surface area contributed by atoms with Crippen molar-refractivity contribution in [3.05, 3.63) is 90.3 Å². The summed E-state index contributed by atoms with van der Waals surface area (Å²) in [6.07, 6.45) is 1.57. The Morgan fingerprint density at radius 3 is 1.87 bits per heavy atom. The summed E-state index contributed by atoms with van der Waals surface area (Å²) in [4.78, 5) is 14.4. The minimum atomic E-state index is -1.00. The molecule has 2 aromatic carbocycles. The van der Waals surface area contributed by atoms with Gasteiger partial charge in [0.25, 0.3) is 0 Å². The van der Waals surface area contributed by atoms with E-state index < -0.39 is 5.97 Å². The summed E-state index contributed by atoms with van der Waals surface area (Å²) in [5.74, 6) is -1.00. The zero-order valence-corrected chi connectivity index (χ0v) is 12.5. The van der Waals surface area contributed by atoms with Crippen LogP contribution in [0.15, 0.2) is 79.0 Å². The van der Waals surface area contributed by atoms with Gasteiger partial charge in [-0.25, -0.2) is 9.78 Å². The Morgan fingerprint density at radius 1 is 0.826 bits per heavy atom. The number of aliphatic hydroxyl groups is 1. The molecule has 0 aliphatic carbocycles. The van der Waals surface area contributed by atoms with Crippen LogP contribution in [0.4, 0.5) is 0 Å². The zero-order chi connectivity index (χ0) is 16.5. The Balaban J connectivity index is 0.000000203. The maximum Gasteiger partial charge on any atom is 0.354 e. The predicted molar refractivity (Wildman–Crippen MR) is 89.0 cm³/mol. The van der Waals surface area contributed by atoms with Crippen molar-refractivity contribution in [3.63, 3.8) is 0 Å². The number of carboxylic acid groups (broad SMARTS) is 1. The number of carboxylic acids is 1. The molecule has 0 saturated heterocycles. The highest BCUT2D eigenvalue weighted by Crippen LogP contribution is 2.17. The fraction of sp³-hybridized carbons (Fsp3) is 0.0526. The molecule has 0 atom stereocenters. The summed E-state index contributed by atoms with van der Waals surface area (Å²) < 4.78 is 0. The first kappa shape index (κ1) is 16.4. The van der Waals surface area contributed by atoms with Crippen molar-refractivity contribution in [2.75, 3.05) is 0 Å². The van der Waals surface area contributed by atoms with Gasteiger partial charge in [0.2, 0.25) is 0 Å². The molecule has 1 heterocycles. The van der Waals surface area contributed by atoms with Gasteiger partial charge < -0.3 is 10.2 Å². The lowest BCUT2D eigenvalue weighted by atomic mass is 10.1. The normalized spacial score (nSPS) is 9.61. The van der Waals surface area contributed by atoms with Crippen LogP contribution in [0.25, 0.3) is 11.1 Å². The Kier molecular flexibility index (Phi) is 6.03. The number of aromatic carboxylic acids is 1. The molecule has 0 bridgehead atoms. The lowest BCUT2D eigenvalue weighted by Crippen LogP contribution is -1.98. The predicted octanol–water partition coefficient (Wildman–Crippen LogP) is 3.63. The molecule has 4 nitrogen and oxygen atoms in total. The number of hydrogen-bond donors (Lipinski definition) is 2. The van der Waals surface area contributed by atoms with Crippen LogP contribution in [0.2, 0.25) is 0 Å². The van der Waals surface area contributed by atoms with E-state index in [-0.39, 0.29) is 12.3 Å². The summed E-state index contributed by atoms with van der Waals surface area (Å²) >= 11 is 0. The second kappa shape index (κ2) is 8.46. The summed E-state index contributed by atoms with van der Waals surface area (Å²) in [7, 11) is 0. The van der Waals surface area contributed by atoms with E-state index in [1.54, 1.807) is 12.3 Å². The SMILES string of the molecule is O=C(O)c1ccc(-c2ccccc2)cn1.OCc1ccccc1. The van der Waals surface area contributed by atoms with Crippen LogP contribution in [0.5, 0.6) is 0 Å². The highest BCUT2D eigenvalue weighted by Gasteiger charge is 2.03. The monoisotopic (exact) mass is 307 g/mol. The highest BCUT2D eigenvalue weighted by molar-refractivity contribution is 5.85. The molecule has 23 heavy (non-hydrogen) atoms. The van der Waals surface area contributed by atoms with Crippen LogP contribution in [0.1, 0.15) is 16.1 Å². The van der Waals surface area contributed by atoms with Crippen LogP contribution < -0.4 is 0 Å². The van der Waals surface area contributed by atoms with Crippen molar-refractivity contribution < 1.29 is 15.0 Å². The quantitative estimate of drug-likeness (QED) is 0.775. The van der Waals surface area contributed by atoms with Gasteiger partial charge in [0.05, 0.1) is 6.61 Å². The molecule has 0 aliphatic heterocycles. The molecule has 116 valence electrons. The Bertz CT molecular complexity index is 726. The van der Waals surface area contributed by atoms with Gasteiger partial charge in [0.1, 0.15) is 5.69 Å². The number of hydrogen-bond acceptors (Lipinski definition) is 3. The van der Waals surface area contributed by atoms with Crippen molar-refractivity contribution >= 4 is 5.97 Å². The number of carbonyl (C=O) groups is 1. The molecule has 3 rings (SSSR count). The maximum absolute atomic E-state index is 10.6. The van der Waals surface area contributed by atoms with Gasteiger partial charge in [-0.1, -0.05) is 66.7 Å². The third kappa shape index (κ3) is 5.05. The molecule has 4 heteroatoms. The summed E-state index contributed by atoms with van der Waals surface area (Å²) in [6.45, 7) is 0.140. The molecule has 0 unspecified atom stereocenters. The summed E-state index contributed by atoms with van der Waals surface area (Å²) in [5.41, 5.74) is 2.98. The van der Waals surface area contributed by atoms with Crippen LogP contribution in [0, 0.1) is 0 Å². The smallest absolute Gasteiger partial charge is 0.354 e. The zero-order valence-electron chi connectivity index (χ0n) is 12.5. The second-order valence-corrected chi connectivity index (χ2v) is 4.75. The van der Waals surface area contributed by atoms with E-state index in [2.05, 4.69) is 4.98 Å². The van der Waals surface area contributed by atoms with E-state index in [4.69, 9.17) is 10.2 Å². The van der Waals surface area contributed by atoms with Crippen LogP contribution >= 0.6 is 0 Å². The number of nitrogens with zero attached hydrogens (tertiary/aromatic N) is 1. The molecule has 0 spiro atoms. The largest absolute Gasteiger partial charge is 0.477 e. The highest BCUT2D eigenvalue weighted by atomic mass is 16.4. The average molecular weight is 307 g/mol. The minimum absolute atomic E-state index is 0.0645. The average Bonchev–Trinajstić information content (AvgIpc) is 2.64. The van der Waals surface area contributed by atoms with Gasteiger partial charge in [-0.15, -0.1) is 0 Å². The Hall–Kier alpha value is -2.98. The number of aliphatic hydroxyl groups excluding tert-OH is 1. The number of aromatic nitrogens is 1. The standard InChI is InChI=1S/C12H9NO2.C7H8O/c14-12(15)11-7-6-10(8-13-11)9-4-2-1-3-5-9;8-6-7-4-2-1-3-5-7/h1-8H,(H,14,15);1-5,8H,6H2. The first-order chi connectivity index (χ1) is 11.2. The van der Waals surface area contributed by atoms with Crippen LogP contribution in [0.3, 0.4) is 0 Å². The minimum Gasteiger partial charge on any atom is -0.477 e. The molecule has 0 radical (unpaired) electrons. The number of benzene rings is 2. The molecule has 2 N–H and O–H groups in total. The molecular formula is C19H17NO3. The van der Waals surface area contributed by atoms with E-state index in [1.165, 1.54) is 6.07 Å². The molecule has 0 saturated carbocycles. The Labute approximate surface area is 134 Å². The molecule has 0 aliphatic rings. The topological polar surface area (TPSA) is 70.4 Å². The number of pyridine rings is 1. The third-order valence-corrected chi connectivity index (χ3v) is 3.12. The lowest BCUT2D eigenvalue weighted by molar-refractivity contribution is 0.0690. The van der Waals surface area contributed by atoms with Gasteiger partial charge in [0, 0.05) is 11.8 Å². The maximum atomic E-state index is 10.6. The Morgan fingerprint density at radius 2 is 1.43 bits per heavy atom. The van der Waals surface area contributed by atoms with Gasteiger partial charge in [-0.05, 0) is 17.2 Å². The molecule has 0 amide bonds. The van der Waals surface area contributed by atoms with Crippen LogP contribution in [-0.2, 0) is 6.61 Å². The summed E-state index contributed by atoms with van der Waals surface area (Å²) in [5, 5.41) is 17.2. The molecule has 1 aromatic heterocycles. The lowest BCUT2D eigenvalue weighted by Gasteiger charge is -2.00. The van der Waals surface area contributed by atoms with Gasteiger partial charge >= 0.3 is 5.97 Å². The van der Waals surface area contributed by atoms with Crippen molar-refractivity contribution in [2.24, 2.45) is 0 Å². The summed E-state index contributed by atoms with van der Waals surface area (Å²) in [6, 6.07) is 22.5. The van der Waals surface area contributed by atoms with Gasteiger partial charge in [-0.3, -0.25) is 0 Å². The van der Waals surface area contributed by atoms with E-state index in [1.807, 2.05) is 60.7 Å². The molecule has 3 aromatic rings. The van der Waals surface area contributed by atoms with E-state index >= 15 is 0 Å². The van der Waals surface area contributed by atoms with Crippen molar-refractivity contribution in [2.45, 2.75) is 6.61 Å². The van der Waals surface area contributed by atoms with Crippen LogP contribution in [-0.4, -0.2) is 21.2 Å². The molecule has 0 fully saturated rings. The third-order valence-electron chi connectivity index (χ3n) is 3.12. The molecular weight excluding hydrogens is 290 g/mol. The van der Waals surface area contributed by atoms with Crippen molar-refractivity contribution in [3.8, 4) is 11.1 Å². The second-order valence-electron chi connectivity index (χ2n) is 4.75. The van der Waals surface area contributed by atoms with Gasteiger partial charge in [-0.2, -0.15) is 0 Å². The fourth-order valence-electron chi connectivity index (χ4n) is 1.91. The first-order valence-corrected chi connectivity index (χ1v) is 7.10. The van der Waals surface area contributed by atoms with Crippen molar-refractivity contribution in [1.82, 2.24) is 4.98 Å². The van der Waals surface area contributed by atoms with E-state index in [9.17, 15) is 4.79 Å².